The molecule has 7 heteroatoms. The second kappa shape index (κ2) is 7.88. The minimum absolute atomic E-state index is 0.288. The van der Waals surface area contributed by atoms with Crippen LogP contribution in [0.2, 0.25) is 0 Å². The van der Waals surface area contributed by atoms with Crippen LogP contribution in [-0.2, 0) is 0 Å². The Labute approximate surface area is 163 Å². The first-order valence-electron chi connectivity index (χ1n) is 8.96. The number of piperazine rings is 1. The Morgan fingerprint density at radius 3 is 2.62 bits per heavy atom. The SMILES string of the molecule is C/C=N\N1C(N2CCN(C)CC2)=Nc2cc(Br)c(F)cc2C1=C(C)CC. The van der Waals surface area contributed by atoms with Crippen LogP contribution in [0, 0.1) is 5.82 Å². The molecular formula is C19H25BrFN5. The number of nitrogens with zero attached hydrogens (tertiary/aromatic N) is 5. The van der Waals surface area contributed by atoms with Crippen molar-refractivity contribution in [2.75, 3.05) is 33.2 Å². The van der Waals surface area contributed by atoms with Crippen molar-refractivity contribution in [3.8, 4) is 0 Å². The Hall–Kier alpha value is -1.73. The number of fused-ring (bicyclic) bond motifs is 1. The highest BCUT2D eigenvalue weighted by molar-refractivity contribution is 9.10. The number of guanidine groups is 1. The van der Waals surface area contributed by atoms with Crippen LogP contribution in [0.1, 0.15) is 32.8 Å². The monoisotopic (exact) mass is 421 g/mol. The van der Waals surface area contributed by atoms with Gasteiger partial charge in [-0.15, -0.1) is 0 Å². The van der Waals surface area contributed by atoms with Crippen LogP contribution >= 0.6 is 15.9 Å². The lowest BCUT2D eigenvalue weighted by Gasteiger charge is -2.40. The highest BCUT2D eigenvalue weighted by Gasteiger charge is 2.31. The predicted molar refractivity (Wildman–Crippen MR) is 109 cm³/mol. The lowest BCUT2D eigenvalue weighted by molar-refractivity contribution is 0.204. The summed E-state index contributed by atoms with van der Waals surface area (Å²) in [4.78, 5) is 9.44. The predicted octanol–water partition coefficient (Wildman–Crippen LogP) is 4.29. The number of hydrogen-bond acceptors (Lipinski definition) is 5. The molecule has 0 amide bonds. The molecule has 2 aliphatic heterocycles. The second-order valence-electron chi connectivity index (χ2n) is 6.65. The number of hydrogen-bond donors (Lipinski definition) is 0. The van der Waals surface area contributed by atoms with E-state index in [1.54, 1.807) is 18.3 Å². The minimum Gasteiger partial charge on any atom is -0.338 e. The Bertz CT molecular complexity index is 778. The van der Waals surface area contributed by atoms with Gasteiger partial charge in [0, 0.05) is 38.0 Å². The summed E-state index contributed by atoms with van der Waals surface area (Å²) < 4.78 is 14.7. The van der Waals surface area contributed by atoms with E-state index in [0.717, 1.165) is 61.1 Å². The minimum atomic E-state index is -0.288. The zero-order valence-corrected chi connectivity index (χ0v) is 17.3. The van der Waals surface area contributed by atoms with Gasteiger partial charge in [0.1, 0.15) is 5.82 Å². The fourth-order valence-corrected chi connectivity index (χ4v) is 3.53. The van der Waals surface area contributed by atoms with Gasteiger partial charge in [-0.05, 0) is 61.0 Å². The third kappa shape index (κ3) is 3.55. The van der Waals surface area contributed by atoms with Crippen molar-refractivity contribution in [1.29, 1.82) is 0 Å². The largest absolute Gasteiger partial charge is 0.338 e. The van der Waals surface area contributed by atoms with Gasteiger partial charge in [0.2, 0.25) is 5.96 Å². The van der Waals surface area contributed by atoms with Crippen molar-refractivity contribution >= 4 is 39.5 Å². The number of hydrazone groups is 1. The van der Waals surface area contributed by atoms with Crippen LogP contribution in [0.15, 0.2) is 32.3 Å². The fourth-order valence-electron chi connectivity index (χ4n) is 3.20. The Morgan fingerprint density at radius 1 is 1.31 bits per heavy atom. The first-order valence-corrected chi connectivity index (χ1v) is 9.75. The number of allylic oxidation sites excluding steroid dienone is 1. The molecule has 26 heavy (non-hydrogen) atoms. The molecule has 0 aliphatic carbocycles. The van der Waals surface area contributed by atoms with Crippen LogP contribution in [0.4, 0.5) is 10.1 Å². The number of halogens is 2. The van der Waals surface area contributed by atoms with Crippen LogP contribution in [0.5, 0.6) is 0 Å². The Kier molecular flexibility index (Phi) is 5.77. The number of rotatable bonds is 2. The number of likely N-dealkylation sites (N-methyl/N-ethyl adjacent to an activating group) is 1. The molecule has 0 spiro atoms. The van der Waals surface area contributed by atoms with E-state index < -0.39 is 0 Å². The summed E-state index contributed by atoms with van der Waals surface area (Å²) in [5, 5.41) is 6.47. The molecule has 3 rings (SSSR count). The highest BCUT2D eigenvalue weighted by Crippen LogP contribution is 2.40. The second-order valence-corrected chi connectivity index (χ2v) is 7.51. The zero-order valence-electron chi connectivity index (χ0n) is 15.8. The van der Waals surface area contributed by atoms with Gasteiger partial charge >= 0.3 is 0 Å². The molecule has 5 nitrogen and oxygen atoms in total. The molecule has 0 saturated carbocycles. The topological polar surface area (TPSA) is 34.4 Å². The molecule has 1 aromatic carbocycles. The Balaban J connectivity index is 2.18. The third-order valence-electron chi connectivity index (χ3n) is 4.87. The molecule has 0 radical (unpaired) electrons. The van der Waals surface area contributed by atoms with Gasteiger partial charge in [0.05, 0.1) is 15.9 Å². The van der Waals surface area contributed by atoms with E-state index in [-0.39, 0.29) is 5.82 Å². The molecule has 0 bridgehead atoms. The molecule has 1 fully saturated rings. The molecule has 0 atom stereocenters. The van der Waals surface area contributed by atoms with Crippen molar-refractivity contribution in [2.24, 2.45) is 10.1 Å². The molecule has 0 aromatic heterocycles. The number of aliphatic imine (C=N–C) groups is 1. The summed E-state index contributed by atoms with van der Waals surface area (Å²) in [6.07, 6.45) is 2.62. The highest BCUT2D eigenvalue weighted by atomic mass is 79.9. The first-order chi connectivity index (χ1) is 12.5. The first kappa shape index (κ1) is 19.0. The van der Waals surface area contributed by atoms with E-state index in [4.69, 9.17) is 4.99 Å². The quantitative estimate of drug-likeness (QED) is 0.668. The van der Waals surface area contributed by atoms with Gasteiger partial charge in [-0.2, -0.15) is 5.10 Å². The molecule has 2 aliphatic rings. The molecule has 1 saturated heterocycles. The zero-order chi connectivity index (χ0) is 18.8. The van der Waals surface area contributed by atoms with Gasteiger partial charge in [-0.3, -0.25) is 0 Å². The molecule has 140 valence electrons. The molecule has 0 unspecified atom stereocenters. The normalized spacial score (nSPS) is 20.5. The van der Waals surface area contributed by atoms with Crippen molar-refractivity contribution in [2.45, 2.75) is 27.2 Å². The molecular weight excluding hydrogens is 397 g/mol. The average molecular weight is 422 g/mol. The van der Waals surface area contributed by atoms with Crippen molar-refractivity contribution in [3.05, 3.63) is 33.6 Å². The van der Waals surface area contributed by atoms with Crippen LogP contribution in [0.3, 0.4) is 0 Å². The van der Waals surface area contributed by atoms with Crippen LogP contribution in [-0.4, -0.2) is 60.2 Å². The summed E-state index contributed by atoms with van der Waals surface area (Å²) in [7, 11) is 2.13. The summed E-state index contributed by atoms with van der Waals surface area (Å²) in [5.74, 6) is 0.522. The Morgan fingerprint density at radius 2 is 2.00 bits per heavy atom. The fraction of sp³-hybridized carbons (Fsp3) is 0.474. The van der Waals surface area contributed by atoms with Crippen molar-refractivity contribution in [3.63, 3.8) is 0 Å². The molecule has 1 aromatic rings. The maximum Gasteiger partial charge on any atom is 0.227 e. The molecule has 2 heterocycles. The lowest BCUT2D eigenvalue weighted by atomic mass is 10.0. The van der Waals surface area contributed by atoms with Crippen molar-refractivity contribution in [1.82, 2.24) is 14.8 Å². The maximum atomic E-state index is 14.3. The standard InChI is InChI=1S/C19H25BrFN5/c1-5-13(3)18-14-11-16(21)15(20)12-17(14)23-19(26(18)22-6-2)25-9-7-24(4)8-10-25/h6,11-12H,5,7-10H2,1-4H3/b18-13?,22-6-. The summed E-state index contributed by atoms with van der Waals surface area (Å²) in [6.45, 7) is 9.81. The summed E-state index contributed by atoms with van der Waals surface area (Å²) in [6, 6.07) is 3.31. The smallest absolute Gasteiger partial charge is 0.227 e. The van der Waals surface area contributed by atoms with Gasteiger partial charge < -0.3 is 9.80 Å². The van der Waals surface area contributed by atoms with E-state index in [1.807, 2.05) is 11.9 Å². The summed E-state index contributed by atoms with van der Waals surface area (Å²) >= 11 is 3.29. The van der Waals surface area contributed by atoms with Gasteiger partial charge in [0.25, 0.3) is 0 Å². The third-order valence-corrected chi connectivity index (χ3v) is 5.47. The van der Waals surface area contributed by atoms with Gasteiger partial charge in [-0.25, -0.2) is 14.4 Å². The van der Waals surface area contributed by atoms with Crippen molar-refractivity contribution < 1.29 is 4.39 Å². The van der Waals surface area contributed by atoms with E-state index in [1.165, 1.54) is 0 Å². The average Bonchev–Trinajstić information content (AvgIpc) is 2.63. The van der Waals surface area contributed by atoms with E-state index in [2.05, 4.69) is 51.7 Å². The maximum absolute atomic E-state index is 14.3. The summed E-state index contributed by atoms with van der Waals surface area (Å²) in [5.41, 5.74) is 3.64. The van der Waals surface area contributed by atoms with Crippen LogP contribution < -0.4 is 0 Å². The van der Waals surface area contributed by atoms with E-state index in [9.17, 15) is 4.39 Å². The van der Waals surface area contributed by atoms with Crippen LogP contribution in [0.25, 0.3) is 5.70 Å². The van der Waals surface area contributed by atoms with E-state index in [0.29, 0.717) is 4.47 Å². The van der Waals surface area contributed by atoms with E-state index >= 15 is 0 Å². The lowest BCUT2D eigenvalue weighted by Crippen LogP contribution is -2.51. The van der Waals surface area contributed by atoms with Gasteiger partial charge in [0.15, 0.2) is 0 Å². The number of benzene rings is 1. The van der Waals surface area contributed by atoms with Gasteiger partial charge in [-0.1, -0.05) is 6.92 Å². The molecule has 0 N–H and O–H groups in total.